The van der Waals surface area contributed by atoms with Gasteiger partial charge in [-0.1, -0.05) is 66.7 Å². The summed E-state index contributed by atoms with van der Waals surface area (Å²) in [5.41, 5.74) is 4.92. The maximum absolute atomic E-state index is 6.12. The summed E-state index contributed by atoms with van der Waals surface area (Å²) < 4.78 is 6.12. The highest BCUT2D eigenvalue weighted by molar-refractivity contribution is 5.86. The third-order valence-corrected chi connectivity index (χ3v) is 5.36. The molecule has 138 valence electrons. The Morgan fingerprint density at radius 3 is 2.50 bits per heavy atom. The lowest BCUT2D eigenvalue weighted by molar-refractivity contribution is 0.309. The van der Waals surface area contributed by atoms with Crippen LogP contribution in [0.4, 0.5) is 5.82 Å². The van der Waals surface area contributed by atoms with Gasteiger partial charge in [0.15, 0.2) is 0 Å². The first-order valence-corrected chi connectivity index (χ1v) is 9.75. The van der Waals surface area contributed by atoms with Gasteiger partial charge < -0.3 is 9.64 Å². The fraction of sp³-hybridized carbons (Fsp3) is 0.160. The molecule has 5 rings (SSSR count). The summed E-state index contributed by atoms with van der Waals surface area (Å²) in [6.07, 6.45) is 1.06. The molecule has 0 fully saturated rings. The molecule has 1 aliphatic rings. The van der Waals surface area contributed by atoms with Gasteiger partial charge in [0, 0.05) is 18.5 Å². The van der Waals surface area contributed by atoms with Gasteiger partial charge in [-0.15, -0.1) is 0 Å². The Morgan fingerprint density at radius 1 is 0.786 bits per heavy atom. The molecule has 0 amide bonds. The van der Waals surface area contributed by atoms with E-state index in [0.717, 1.165) is 47.5 Å². The van der Waals surface area contributed by atoms with Crippen LogP contribution in [0.2, 0.25) is 0 Å². The number of nitrogens with zero attached hydrogens (tertiary/aromatic N) is 2. The van der Waals surface area contributed by atoms with Gasteiger partial charge in [0.1, 0.15) is 23.7 Å². The van der Waals surface area contributed by atoms with Gasteiger partial charge in [0.2, 0.25) is 0 Å². The molecule has 1 aromatic heterocycles. The number of hydrogen-bond donors (Lipinski definition) is 0. The Kier molecular flexibility index (Phi) is 4.42. The second-order valence-electron chi connectivity index (χ2n) is 7.21. The van der Waals surface area contributed by atoms with E-state index in [2.05, 4.69) is 59.5 Å². The third-order valence-electron chi connectivity index (χ3n) is 5.36. The van der Waals surface area contributed by atoms with Crippen molar-refractivity contribution >= 4 is 16.7 Å². The molecule has 0 saturated heterocycles. The predicted octanol–water partition coefficient (Wildman–Crippen LogP) is 5.38. The molecular weight excluding hydrogens is 344 g/mol. The van der Waals surface area contributed by atoms with Gasteiger partial charge in [-0.05, 0) is 41.3 Å². The highest BCUT2D eigenvalue weighted by Gasteiger charge is 2.17. The SMILES string of the molecule is c1ccc(COc2cccc3ccc(N4CCc5ccccc5C4)nc23)cc1. The lowest BCUT2D eigenvalue weighted by atomic mass is 10.00. The van der Waals surface area contributed by atoms with Gasteiger partial charge >= 0.3 is 0 Å². The van der Waals surface area contributed by atoms with Crippen molar-refractivity contribution in [2.75, 3.05) is 11.4 Å². The summed E-state index contributed by atoms with van der Waals surface area (Å²) in [6, 6.07) is 29.3. The first-order valence-electron chi connectivity index (χ1n) is 9.75. The smallest absolute Gasteiger partial charge is 0.146 e. The largest absolute Gasteiger partial charge is 0.487 e. The van der Waals surface area contributed by atoms with Gasteiger partial charge in [-0.25, -0.2) is 4.98 Å². The fourth-order valence-electron chi connectivity index (χ4n) is 3.83. The van der Waals surface area contributed by atoms with Crippen molar-refractivity contribution in [3.8, 4) is 5.75 Å². The maximum atomic E-state index is 6.12. The van der Waals surface area contributed by atoms with Crippen LogP contribution in [0.1, 0.15) is 16.7 Å². The van der Waals surface area contributed by atoms with Crippen LogP contribution in [-0.2, 0) is 19.6 Å². The number of para-hydroxylation sites is 1. The molecule has 0 spiro atoms. The number of hydrogen-bond acceptors (Lipinski definition) is 3. The molecule has 1 aliphatic heterocycles. The van der Waals surface area contributed by atoms with Gasteiger partial charge in [-0.3, -0.25) is 0 Å². The quantitative estimate of drug-likeness (QED) is 0.485. The summed E-state index contributed by atoms with van der Waals surface area (Å²) in [6.45, 7) is 2.44. The Hall–Kier alpha value is -3.33. The zero-order valence-corrected chi connectivity index (χ0v) is 15.7. The predicted molar refractivity (Wildman–Crippen MR) is 114 cm³/mol. The van der Waals surface area contributed by atoms with Crippen molar-refractivity contribution in [2.24, 2.45) is 0 Å². The summed E-state index contributed by atoms with van der Waals surface area (Å²) in [5.74, 6) is 1.85. The van der Waals surface area contributed by atoms with Crippen molar-refractivity contribution in [3.63, 3.8) is 0 Å². The second kappa shape index (κ2) is 7.35. The summed E-state index contributed by atoms with van der Waals surface area (Å²) in [5, 5.41) is 1.10. The van der Waals surface area contributed by atoms with E-state index in [0.29, 0.717) is 6.61 Å². The van der Waals surface area contributed by atoms with Crippen molar-refractivity contribution < 1.29 is 4.74 Å². The topological polar surface area (TPSA) is 25.4 Å². The number of ether oxygens (including phenoxy) is 1. The average Bonchev–Trinajstić information content (AvgIpc) is 2.77. The van der Waals surface area contributed by atoms with Crippen molar-refractivity contribution in [3.05, 3.63) is 102 Å². The molecule has 0 N–H and O–H groups in total. The van der Waals surface area contributed by atoms with E-state index >= 15 is 0 Å². The zero-order chi connectivity index (χ0) is 18.8. The second-order valence-corrected chi connectivity index (χ2v) is 7.21. The Balaban J connectivity index is 1.44. The van der Waals surface area contributed by atoms with Crippen LogP contribution in [0.25, 0.3) is 10.9 Å². The molecule has 0 atom stereocenters. The number of aromatic nitrogens is 1. The summed E-state index contributed by atoms with van der Waals surface area (Å²) >= 11 is 0. The van der Waals surface area contributed by atoms with Crippen LogP contribution in [0.5, 0.6) is 5.75 Å². The van der Waals surface area contributed by atoms with E-state index in [9.17, 15) is 0 Å². The molecule has 3 nitrogen and oxygen atoms in total. The minimum atomic E-state index is 0.545. The summed E-state index contributed by atoms with van der Waals surface area (Å²) in [4.78, 5) is 7.34. The highest BCUT2D eigenvalue weighted by atomic mass is 16.5. The van der Waals surface area contributed by atoms with Crippen molar-refractivity contribution in [2.45, 2.75) is 19.6 Å². The maximum Gasteiger partial charge on any atom is 0.146 e. The molecule has 0 aliphatic carbocycles. The molecule has 2 heterocycles. The number of rotatable bonds is 4. The van der Waals surface area contributed by atoms with Crippen LogP contribution in [0.3, 0.4) is 0 Å². The highest BCUT2D eigenvalue weighted by Crippen LogP contribution is 2.29. The number of anilines is 1. The Labute approximate surface area is 165 Å². The number of fused-ring (bicyclic) bond motifs is 2. The van der Waals surface area contributed by atoms with Crippen molar-refractivity contribution in [1.82, 2.24) is 4.98 Å². The lowest BCUT2D eigenvalue weighted by Crippen LogP contribution is -2.30. The first kappa shape index (κ1) is 16.8. The first-order chi connectivity index (χ1) is 13.9. The molecule has 3 aromatic carbocycles. The fourth-order valence-corrected chi connectivity index (χ4v) is 3.83. The van der Waals surface area contributed by atoms with Gasteiger partial charge in [-0.2, -0.15) is 0 Å². The standard InChI is InChI=1S/C25H22N2O/c1-2-7-19(8-3-1)18-28-23-12-6-11-21-13-14-24(26-25(21)23)27-16-15-20-9-4-5-10-22(20)17-27/h1-14H,15-18H2. The molecule has 4 aromatic rings. The number of benzene rings is 3. The van der Waals surface area contributed by atoms with E-state index in [1.165, 1.54) is 11.1 Å². The molecule has 0 radical (unpaired) electrons. The minimum absolute atomic E-state index is 0.545. The van der Waals surface area contributed by atoms with Crippen LogP contribution in [0, 0.1) is 0 Å². The van der Waals surface area contributed by atoms with Crippen LogP contribution < -0.4 is 9.64 Å². The van der Waals surface area contributed by atoms with E-state index in [1.54, 1.807) is 0 Å². The molecule has 0 saturated carbocycles. The van der Waals surface area contributed by atoms with Crippen LogP contribution in [-0.4, -0.2) is 11.5 Å². The number of pyridine rings is 1. The van der Waals surface area contributed by atoms with Gasteiger partial charge in [0.25, 0.3) is 0 Å². The van der Waals surface area contributed by atoms with Crippen molar-refractivity contribution in [1.29, 1.82) is 0 Å². The average molecular weight is 366 g/mol. The Morgan fingerprint density at radius 2 is 1.61 bits per heavy atom. The normalized spacial score (nSPS) is 13.4. The molecule has 0 unspecified atom stereocenters. The monoisotopic (exact) mass is 366 g/mol. The van der Waals surface area contributed by atoms with E-state index < -0.39 is 0 Å². The molecule has 28 heavy (non-hydrogen) atoms. The Bertz CT molecular complexity index is 1110. The lowest BCUT2D eigenvalue weighted by Gasteiger charge is -2.30. The summed E-state index contributed by atoms with van der Waals surface area (Å²) in [7, 11) is 0. The van der Waals surface area contributed by atoms with E-state index in [-0.39, 0.29) is 0 Å². The van der Waals surface area contributed by atoms with E-state index in [1.807, 2.05) is 30.3 Å². The minimum Gasteiger partial charge on any atom is -0.487 e. The molecular formula is C25H22N2O. The van der Waals surface area contributed by atoms with Crippen LogP contribution >= 0.6 is 0 Å². The third kappa shape index (κ3) is 3.31. The van der Waals surface area contributed by atoms with Crippen LogP contribution in [0.15, 0.2) is 84.9 Å². The molecule has 0 bridgehead atoms. The van der Waals surface area contributed by atoms with Gasteiger partial charge in [0.05, 0.1) is 0 Å². The zero-order valence-electron chi connectivity index (χ0n) is 15.7. The van der Waals surface area contributed by atoms with E-state index in [4.69, 9.17) is 9.72 Å². The molecule has 3 heteroatoms.